The molecule has 0 saturated heterocycles. The fourth-order valence-corrected chi connectivity index (χ4v) is 2.14. The highest BCUT2D eigenvalue weighted by molar-refractivity contribution is 5.94. The van der Waals surface area contributed by atoms with Gasteiger partial charge in [-0.3, -0.25) is 4.79 Å². The number of esters is 1. The van der Waals surface area contributed by atoms with Gasteiger partial charge in [-0.1, -0.05) is 0 Å². The molecule has 0 heterocycles. The number of rotatable bonds is 7. The molecule has 0 radical (unpaired) electrons. The smallest absolute Gasteiger partial charge is 0.337 e. The second-order valence-electron chi connectivity index (χ2n) is 5.15. The zero-order chi connectivity index (χ0) is 19.1. The minimum Gasteiger partial charge on any atom is -0.497 e. The number of nitrogens with one attached hydrogen (secondary N) is 1. The van der Waals surface area contributed by atoms with Crippen LogP contribution in [0.25, 0.3) is 0 Å². The lowest BCUT2D eigenvalue weighted by Gasteiger charge is -2.13. The Morgan fingerprint density at radius 2 is 1.77 bits per heavy atom. The summed E-state index contributed by atoms with van der Waals surface area (Å²) in [5, 5.41) is 2.67. The predicted octanol–water partition coefficient (Wildman–Crippen LogP) is 2.09. The molecule has 8 nitrogen and oxygen atoms in total. The van der Waals surface area contributed by atoms with Gasteiger partial charge in [0.15, 0.2) is 6.61 Å². The molecule has 0 bridgehead atoms. The summed E-state index contributed by atoms with van der Waals surface area (Å²) in [4.78, 5) is 23.7. The maximum Gasteiger partial charge on any atom is 0.337 e. The molecule has 0 saturated carbocycles. The Morgan fingerprint density at radius 3 is 2.42 bits per heavy atom. The summed E-state index contributed by atoms with van der Waals surface area (Å²) >= 11 is 0. The van der Waals surface area contributed by atoms with Crippen molar-refractivity contribution >= 4 is 23.3 Å². The Hall–Kier alpha value is -3.42. The maximum atomic E-state index is 12.1. The normalized spacial score (nSPS) is 9.96. The number of hydrogen-bond donors (Lipinski definition) is 2. The molecule has 138 valence electrons. The topological polar surface area (TPSA) is 109 Å². The molecule has 0 aliphatic heterocycles. The SMILES string of the molecule is COC(=O)c1ccc(N)c(OCC(=O)Nc2ccc(OC)cc2OC)c1. The first-order chi connectivity index (χ1) is 12.5. The highest BCUT2D eigenvalue weighted by Gasteiger charge is 2.13. The van der Waals surface area contributed by atoms with E-state index in [4.69, 9.17) is 19.9 Å². The number of hydrogen-bond acceptors (Lipinski definition) is 7. The molecule has 0 unspecified atom stereocenters. The summed E-state index contributed by atoms with van der Waals surface area (Å²) in [6, 6.07) is 9.43. The Bertz CT molecular complexity index is 806. The van der Waals surface area contributed by atoms with Crippen LogP contribution in [-0.4, -0.2) is 39.8 Å². The zero-order valence-electron chi connectivity index (χ0n) is 14.7. The lowest BCUT2D eigenvalue weighted by Crippen LogP contribution is -2.21. The molecule has 0 aliphatic rings. The molecule has 0 aliphatic carbocycles. The minimum atomic E-state index is -0.526. The van der Waals surface area contributed by atoms with Gasteiger partial charge in [0.05, 0.1) is 38.3 Å². The van der Waals surface area contributed by atoms with Crippen LogP contribution in [0, 0.1) is 0 Å². The van der Waals surface area contributed by atoms with Crippen LogP contribution in [0.1, 0.15) is 10.4 Å². The number of carbonyl (C=O) groups excluding carboxylic acids is 2. The van der Waals surface area contributed by atoms with Crippen molar-refractivity contribution in [2.75, 3.05) is 39.0 Å². The lowest BCUT2D eigenvalue weighted by molar-refractivity contribution is -0.118. The van der Waals surface area contributed by atoms with Crippen LogP contribution >= 0.6 is 0 Å². The average molecular weight is 360 g/mol. The van der Waals surface area contributed by atoms with Gasteiger partial charge < -0.3 is 30.0 Å². The van der Waals surface area contributed by atoms with Crippen LogP contribution in [0.2, 0.25) is 0 Å². The third-order valence-electron chi connectivity index (χ3n) is 3.48. The van der Waals surface area contributed by atoms with Crippen LogP contribution in [0.15, 0.2) is 36.4 Å². The number of anilines is 2. The van der Waals surface area contributed by atoms with E-state index in [2.05, 4.69) is 10.1 Å². The van der Waals surface area contributed by atoms with Gasteiger partial charge in [0.25, 0.3) is 5.91 Å². The van der Waals surface area contributed by atoms with E-state index < -0.39 is 11.9 Å². The van der Waals surface area contributed by atoms with Crippen molar-refractivity contribution in [3.8, 4) is 17.2 Å². The van der Waals surface area contributed by atoms with E-state index in [1.54, 1.807) is 18.2 Å². The minimum absolute atomic E-state index is 0.213. The Balaban J connectivity index is 2.04. The standard InChI is InChI=1S/C18H20N2O6/c1-23-12-5-7-14(16(9-12)24-2)20-17(21)10-26-15-8-11(18(22)25-3)4-6-13(15)19/h4-9H,10,19H2,1-3H3,(H,20,21). The maximum absolute atomic E-state index is 12.1. The van der Waals surface area contributed by atoms with Gasteiger partial charge in [-0.25, -0.2) is 4.79 Å². The number of methoxy groups -OCH3 is 3. The number of carbonyl (C=O) groups is 2. The monoisotopic (exact) mass is 360 g/mol. The first-order valence-electron chi connectivity index (χ1n) is 7.61. The molecule has 0 aromatic heterocycles. The molecule has 8 heteroatoms. The molecule has 0 fully saturated rings. The molecular formula is C18H20N2O6. The van der Waals surface area contributed by atoms with E-state index in [1.165, 1.54) is 39.5 Å². The van der Waals surface area contributed by atoms with Gasteiger partial charge >= 0.3 is 5.97 Å². The molecule has 3 N–H and O–H groups in total. The largest absolute Gasteiger partial charge is 0.497 e. The Labute approximate surface area is 150 Å². The number of nitrogen functional groups attached to an aromatic ring is 1. The molecule has 26 heavy (non-hydrogen) atoms. The number of benzene rings is 2. The van der Waals surface area contributed by atoms with Crippen molar-refractivity contribution in [2.45, 2.75) is 0 Å². The van der Waals surface area contributed by atoms with Crippen molar-refractivity contribution < 1.29 is 28.5 Å². The molecule has 2 aromatic rings. The van der Waals surface area contributed by atoms with Crippen molar-refractivity contribution in [1.29, 1.82) is 0 Å². The Morgan fingerprint density at radius 1 is 1.00 bits per heavy atom. The fourth-order valence-electron chi connectivity index (χ4n) is 2.14. The first kappa shape index (κ1) is 18.9. The average Bonchev–Trinajstić information content (AvgIpc) is 2.66. The highest BCUT2D eigenvalue weighted by Crippen LogP contribution is 2.29. The second kappa shape index (κ2) is 8.61. The van der Waals surface area contributed by atoms with E-state index in [0.29, 0.717) is 22.9 Å². The van der Waals surface area contributed by atoms with Crippen molar-refractivity contribution in [3.63, 3.8) is 0 Å². The van der Waals surface area contributed by atoms with Crippen molar-refractivity contribution in [2.24, 2.45) is 0 Å². The summed E-state index contributed by atoms with van der Waals surface area (Å²) in [7, 11) is 4.29. The van der Waals surface area contributed by atoms with Crippen LogP contribution in [0.5, 0.6) is 17.2 Å². The molecule has 1 amide bonds. The third-order valence-corrected chi connectivity index (χ3v) is 3.48. The van der Waals surface area contributed by atoms with Crippen LogP contribution in [-0.2, 0) is 9.53 Å². The second-order valence-corrected chi connectivity index (χ2v) is 5.15. The number of amides is 1. The molecule has 0 atom stereocenters. The quantitative estimate of drug-likeness (QED) is 0.575. The summed E-state index contributed by atoms with van der Waals surface area (Å²) in [6.07, 6.45) is 0. The summed E-state index contributed by atoms with van der Waals surface area (Å²) < 4.78 is 20.4. The van der Waals surface area contributed by atoms with Gasteiger partial charge in [-0.2, -0.15) is 0 Å². The van der Waals surface area contributed by atoms with E-state index in [0.717, 1.165) is 0 Å². The fraction of sp³-hybridized carbons (Fsp3) is 0.222. The van der Waals surface area contributed by atoms with Gasteiger partial charge in [0.1, 0.15) is 17.2 Å². The van der Waals surface area contributed by atoms with E-state index in [-0.39, 0.29) is 17.9 Å². The molecule has 0 spiro atoms. The van der Waals surface area contributed by atoms with E-state index in [9.17, 15) is 9.59 Å². The third kappa shape index (κ3) is 4.56. The number of ether oxygens (including phenoxy) is 4. The van der Waals surface area contributed by atoms with Gasteiger partial charge in [0, 0.05) is 6.07 Å². The van der Waals surface area contributed by atoms with E-state index >= 15 is 0 Å². The Kier molecular flexibility index (Phi) is 6.26. The summed E-state index contributed by atoms with van der Waals surface area (Å²) in [5.74, 6) is 0.316. The number of nitrogens with two attached hydrogens (primary N) is 1. The molecule has 2 rings (SSSR count). The van der Waals surface area contributed by atoms with Crippen molar-refractivity contribution in [1.82, 2.24) is 0 Å². The zero-order valence-corrected chi connectivity index (χ0v) is 14.7. The van der Waals surface area contributed by atoms with E-state index in [1.807, 2.05) is 0 Å². The molecule has 2 aromatic carbocycles. The van der Waals surface area contributed by atoms with Gasteiger partial charge in [-0.15, -0.1) is 0 Å². The lowest BCUT2D eigenvalue weighted by atomic mass is 10.2. The summed E-state index contributed by atoms with van der Waals surface area (Å²) in [5.41, 5.74) is 6.85. The summed E-state index contributed by atoms with van der Waals surface area (Å²) in [6.45, 7) is -0.302. The predicted molar refractivity (Wildman–Crippen MR) is 95.9 cm³/mol. The van der Waals surface area contributed by atoms with Crippen molar-refractivity contribution in [3.05, 3.63) is 42.0 Å². The highest BCUT2D eigenvalue weighted by atomic mass is 16.5. The van der Waals surface area contributed by atoms with Crippen LogP contribution < -0.4 is 25.3 Å². The first-order valence-corrected chi connectivity index (χ1v) is 7.61. The van der Waals surface area contributed by atoms with Crippen LogP contribution in [0.3, 0.4) is 0 Å². The van der Waals surface area contributed by atoms with Gasteiger partial charge in [0.2, 0.25) is 0 Å². The molecular weight excluding hydrogens is 340 g/mol. The van der Waals surface area contributed by atoms with Crippen LogP contribution in [0.4, 0.5) is 11.4 Å². The van der Waals surface area contributed by atoms with Gasteiger partial charge in [-0.05, 0) is 30.3 Å².